The van der Waals surface area contributed by atoms with Crippen LogP contribution in [0.4, 0.5) is 14.5 Å². The molecule has 4 nitrogen and oxygen atoms in total. The van der Waals surface area contributed by atoms with Crippen LogP contribution in [-0.4, -0.2) is 11.1 Å². The summed E-state index contributed by atoms with van der Waals surface area (Å²) < 4.78 is 30.6. The number of hydrogen-bond acceptors (Lipinski definition) is 3. The Kier molecular flexibility index (Phi) is 3.27. The molecule has 1 heterocycles. The molecule has 0 radical (unpaired) electrons. The number of carboxylic acids is 1. The molecule has 0 saturated heterocycles. The molecule has 0 spiro atoms. The van der Waals surface area contributed by atoms with Crippen molar-refractivity contribution in [2.45, 2.75) is 6.54 Å². The van der Waals surface area contributed by atoms with Crippen LogP contribution >= 0.6 is 0 Å². The number of aromatic carboxylic acids is 1. The molecule has 0 bridgehead atoms. The summed E-state index contributed by atoms with van der Waals surface area (Å²) >= 11 is 0. The third-order valence-corrected chi connectivity index (χ3v) is 2.29. The Labute approximate surface area is 101 Å². The Morgan fingerprint density at radius 2 is 1.94 bits per heavy atom. The number of hydrogen-bond donors (Lipinski definition) is 2. The van der Waals surface area contributed by atoms with E-state index in [1.807, 2.05) is 0 Å². The van der Waals surface area contributed by atoms with E-state index in [-0.39, 0.29) is 18.0 Å². The summed E-state index contributed by atoms with van der Waals surface area (Å²) in [6.45, 7) is 0.0982. The molecule has 94 valence electrons. The van der Waals surface area contributed by atoms with Gasteiger partial charge in [0.2, 0.25) is 5.76 Å². The van der Waals surface area contributed by atoms with Crippen LogP contribution in [0.3, 0.4) is 0 Å². The molecule has 0 aliphatic heterocycles. The van der Waals surface area contributed by atoms with E-state index in [2.05, 4.69) is 5.32 Å². The number of furan rings is 1. The lowest BCUT2D eigenvalue weighted by Crippen LogP contribution is -2.05. The average molecular weight is 253 g/mol. The molecule has 0 amide bonds. The molecule has 2 rings (SSSR count). The maximum absolute atomic E-state index is 12.9. The minimum absolute atomic E-state index is 0.0982. The van der Waals surface area contributed by atoms with E-state index in [9.17, 15) is 13.6 Å². The Morgan fingerprint density at radius 3 is 2.56 bits per heavy atom. The third kappa shape index (κ3) is 2.65. The zero-order valence-electron chi connectivity index (χ0n) is 9.11. The zero-order valence-corrected chi connectivity index (χ0v) is 9.11. The first-order chi connectivity index (χ1) is 8.56. The molecule has 0 saturated carbocycles. The Bertz CT molecular complexity index is 560. The van der Waals surface area contributed by atoms with Gasteiger partial charge in [-0.05, 0) is 18.2 Å². The number of carbonyl (C=O) groups is 1. The van der Waals surface area contributed by atoms with Crippen molar-refractivity contribution in [2.24, 2.45) is 0 Å². The standard InChI is InChI=1S/C12H9F2NO3/c13-8-3-9(14)5-10(4-8)15-6-7-1-2-18-11(7)12(16)17/h1-5,15H,6H2,(H,16,17). The molecule has 0 atom stereocenters. The van der Waals surface area contributed by atoms with Gasteiger partial charge in [0, 0.05) is 23.9 Å². The quantitative estimate of drug-likeness (QED) is 0.879. The fourth-order valence-electron chi connectivity index (χ4n) is 1.52. The summed E-state index contributed by atoms with van der Waals surface area (Å²) in [6, 6.07) is 4.46. The topological polar surface area (TPSA) is 62.5 Å². The fourth-order valence-corrected chi connectivity index (χ4v) is 1.52. The van der Waals surface area contributed by atoms with Crippen LogP contribution in [0.5, 0.6) is 0 Å². The second-order valence-electron chi connectivity index (χ2n) is 3.59. The number of benzene rings is 1. The second kappa shape index (κ2) is 4.87. The molecular formula is C12H9F2NO3. The van der Waals surface area contributed by atoms with E-state index < -0.39 is 17.6 Å². The van der Waals surface area contributed by atoms with Gasteiger partial charge in [0.1, 0.15) is 11.6 Å². The van der Waals surface area contributed by atoms with Crippen molar-refractivity contribution >= 4 is 11.7 Å². The molecule has 1 aromatic heterocycles. The van der Waals surface area contributed by atoms with Crippen LogP contribution in [-0.2, 0) is 6.54 Å². The monoisotopic (exact) mass is 253 g/mol. The fraction of sp³-hybridized carbons (Fsp3) is 0.0833. The maximum atomic E-state index is 12.9. The molecule has 18 heavy (non-hydrogen) atoms. The highest BCUT2D eigenvalue weighted by Crippen LogP contribution is 2.16. The van der Waals surface area contributed by atoms with Crippen LogP contribution in [0.15, 0.2) is 34.9 Å². The highest BCUT2D eigenvalue weighted by atomic mass is 19.1. The van der Waals surface area contributed by atoms with Gasteiger partial charge in [-0.2, -0.15) is 0 Å². The van der Waals surface area contributed by atoms with Gasteiger partial charge in [0.15, 0.2) is 0 Å². The third-order valence-electron chi connectivity index (χ3n) is 2.29. The van der Waals surface area contributed by atoms with Gasteiger partial charge in [0.05, 0.1) is 6.26 Å². The minimum atomic E-state index is -1.19. The van der Waals surface area contributed by atoms with Crippen molar-refractivity contribution in [1.82, 2.24) is 0 Å². The Morgan fingerprint density at radius 1 is 1.28 bits per heavy atom. The van der Waals surface area contributed by atoms with Gasteiger partial charge in [-0.3, -0.25) is 0 Å². The van der Waals surface area contributed by atoms with Gasteiger partial charge < -0.3 is 14.8 Å². The van der Waals surface area contributed by atoms with E-state index in [1.54, 1.807) is 0 Å². The van der Waals surface area contributed by atoms with Crippen molar-refractivity contribution in [1.29, 1.82) is 0 Å². The van der Waals surface area contributed by atoms with Gasteiger partial charge in [0.25, 0.3) is 0 Å². The van der Waals surface area contributed by atoms with Gasteiger partial charge >= 0.3 is 5.97 Å². The van der Waals surface area contributed by atoms with Crippen molar-refractivity contribution in [3.63, 3.8) is 0 Å². The first-order valence-corrected chi connectivity index (χ1v) is 5.06. The number of rotatable bonds is 4. The van der Waals surface area contributed by atoms with E-state index in [0.717, 1.165) is 18.2 Å². The van der Waals surface area contributed by atoms with Crippen LogP contribution in [0.2, 0.25) is 0 Å². The average Bonchev–Trinajstić information content (AvgIpc) is 2.73. The second-order valence-corrected chi connectivity index (χ2v) is 3.59. The molecule has 1 aromatic carbocycles. The molecule has 0 fully saturated rings. The molecule has 2 N–H and O–H groups in total. The van der Waals surface area contributed by atoms with Gasteiger partial charge in [-0.1, -0.05) is 0 Å². The number of halogens is 2. The van der Waals surface area contributed by atoms with Crippen molar-refractivity contribution in [2.75, 3.05) is 5.32 Å². The summed E-state index contributed by atoms with van der Waals surface area (Å²) in [5.41, 5.74) is 0.622. The zero-order chi connectivity index (χ0) is 13.1. The number of nitrogens with one attached hydrogen (secondary N) is 1. The lowest BCUT2D eigenvalue weighted by Gasteiger charge is -2.05. The van der Waals surface area contributed by atoms with Crippen molar-refractivity contribution in [3.8, 4) is 0 Å². The van der Waals surface area contributed by atoms with E-state index >= 15 is 0 Å². The predicted octanol–water partition coefficient (Wildman–Crippen LogP) is 2.87. The highest BCUT2D eigenvalue weighted by Gasteiger charge is 2.13. The maximum Gasteiger partial charge on any atom is 0.372 e. The molecule has 0 unspecified atom stereocenters. The molecule has 2 aromatic rings. The largest absolute Gasteiger partial charge is 0.475 e. The lowest BCUT2D eigenvalue weighted by molar-refractivity contribution is 0.0661. The predicted molar refractivity (Wildman–Crippen MR) is 59.4 cm³/mol. The van der Waals surface area contributed by atoms with Crippen LogP contribution in [0.25, 0.3) is 0 Å². The SMILES string of the molecule is O=C(O)c1occc1CNc1cc(F)cc(F)c1. The Hall–Kier alpha value is -2.37. The summed E-state index contributed by atoms with van der Waals surface area (Å²) in [6.07, 6.45) is 1.24. The summed E-state index contributed by atoms with van der Waals surface area (Å²) in [5, 5.41) is 11.5. The van der Waals surface area contributed by atoms with E-state index in [1.165, 1.54) is 12.3 Å². The van der Waals surface area contributed by atoms with Crippen LogP contribution in [0, 0.1) is 11.6 Å². The van der Waals surface area contributed by atoms with Crippen molar-refractivity contribution < 1.29 is 23.1 Å². The molecule has 6 heteroatoms. The summed E-state index contributed by atoms with van der Waals surface area (Å²) in [5.74, 6) is -2.80. The first kappa shape index (κ1) is 12.1. The number of anilines is 1. The lowest BCUT2D eigenvalue weighted by atomic mass is 10.2. The molecule has 0 aliphatic rings. The molecule has 0 aliphatic carbocycles. The van der Waals surface area contributed by atoms with Crippen LogP contribution < -0.4 is 5.32 Å². The molecular weight excluding hydrogens is 244 g/mol. The van der Waals surface area contributed by atoms with E-state index in [4.69, 9.17) is 9.52 Å². The number of carboxylic acid groups (broad SMARTS) is 1. The van der Waals surface area contributed by atoms with Crippen molar-refractivity contribution in [3.05, 3.63) is 53.5 Å². The summed E-state index contributed by atoms with van der Waals surface area (Å²) in [4.78, 5) is 10.8. The van der Waals surface area contributed by atoms with Gasteiger partial charge in [-0.15, -0.1) is 0 Å². The van der Waals surface area contributed by atoms with E-state index in [0.29, 0.717) is 5.56 Å². The van der Waals surface area contributed by atoms with Gasteiger partial charge in [-0.25, -0.2) is 13.6 Å². The highest BCUT2D eigenvalue weighted by molar-refractivity contribution is 5.86. The first-order valence-electron chi connectivity index (χ1n) is 5.06. The smallest absolute Gasteiger partial charge is 0.372 e. The minimum Gasteiger partial charge on any atom is -0.475 e. The van der Waals surface area contributed by atoms with Crippen LogP contribution in [0.1, 0.15) is 16.1 Å². The Balaban J connectivity index is 2.11. The normalized spacial score (nSPS) is 10.3. The summed E-state index contributed by atoms with van der Waals surface area (Å²) in [7, 11) is 0.